The third-order valence-electron chi connectivity index (χ3n) is 4.60. The second-order valence-corrected chi connectivity index (χ2v) is 6.52. The van der Waals surface area contributed by atoms with Gasteiger partial charge in [0.15, 0.2) is 11.5 Å². The summed E-state index contributed by atoms with van der Waals surface area (Å²) in [7, 11) is 0. The highest BCUT2D eigenvalue weighted by Gasteiger charge is 2.21. The normalized spacial score (nSPS) is 15.9. The fourth-order valence-corrected chi connectivity index (χ4v) is 3.18. The van der Waals surface area contributed by atoms with Gasteiger partial charge in [0.05, 0.1) is 6.54 Å². The first-order valence-electron chi connectivity index (χ1n) is 9.06. The van der Waals surface area contributed by atoms with Gasteiger partial charge in [0, 0.05) is 44.1 Å². The lowest BCUT2D eigenvalue weighted by Gasteiger charge is -2.34. The zero-order chi connectivity index (χ0) is 19.3. The molecular weight excluding hydrogens is 362 g/mol. The molecule has 1 aromatic heterocycles. The van der Waals surface area contributed by atoms with Crippen LogP contribution in [0.3, 0.4) is 0 Å². The van der Waals surface area contributed by atoms with Gasteiger partial charge in [0.1, 0.15) is 5.82 Å². The first-order valence-corrected chi connectivity index (χ1v) is 9.06. The summed E-state index contributed by atoms with van der Waals surface area (Å²) in [5.41, 5.74) is 0.526. The Balaban J connectivity index is 1.22. The summed E-state index contributed by atoms with van der Waals surface area (Å²) < 4.78 is 10.5. The van der Waals surface area contributed by atoms with Crippen LogP contribution in [0.2, 0.25) is 0 Å². The third-order valence-corrected chi connectivity index (χ3v) is 4.60. The Bertz CT molecular complexity index is 853. The standard InChI is InChI=1S/C19H21N5O4/c25-18(12-23-7-9-24(10-8-23)17-3-1-2-6-20-17)22-19(26)21-14-4-5-15-16(11-14)28-13-27-15/h1-6,11H,7-10,12-13H2,(H2,21,22,25,26). The molecule has 1 fully saturated rings. The average molecular weight is 383 g/mol. The summed E-state index contributed by atoms with van der Waals surface area (Å²) in [6, 6.07) is 10.3. The highest BCUT2D eigenvalue weighted by molar-refractivity contribution is 6.01. The number of nitrogens with one attached hydrogen (secondary N) is 2. The molecule has 2 aliphatic heterocycles. The lowest BCUT2D eigenvalue weighted by atomic mass is 10.3. The molecule has 146 valence electrons. The van der Waals surface area contributed by atoms with E-state index in [9.17, 15) is 9.59 Å². The number of aromatic nitrogens is 1. The van der Waals surface area contributed by atoms with Crippen molar-refractivity contribution in [2.45, 2.75) is 0 Å². The number of fused-ring (bicyclic) bond motifs is 1. The number of ether oxygens (including phenoxy) is 2. The fraction of sp³-hybridized carbons (Fsp3) is 0.316. The van der Waals surface area contributed by atoms with E-state index in [-0.39, 0.29) is 19.2 Å². The van der Waals surface area contributed by atoms with Gasteiger partial charge in [-0.25, -0.2) is 9.78 Å². The van der Waals surface area contributed by atoms with Crippen LogP contribution in [0.5, 0.6) is 11.5 Å². The zero-order valence-electron chi connectivity index (χ0n) is 15.3. The third kappa shape index (κ3) is 4.32. The molecule has 28 heavy (non-hydrogen) atoms. The van der Waals surface area contributed by atoms with Crippen LogP contribution in [0.15, 0.2) is 42.6 Å². The molecule has 0 bridgehead atoms. The predicted molar refractivity (Wildman–Crippen MR) is 103 cm³/mol. The number of hydrogen-bond acceptors (Lipinski definition) is 7. The van der Waals surface area contributed by atoms with Crippen LogP contribution in [0.4, 0.5) is 16.3 Å². The minimum absolute atomic E-state index is 0.164. The molecule has 2 aliphatic rings. The molecule has 1 aromatic carbocycles. The largest absolute Gasteiger partial charge is 0.454 e. The summed E-state index contributed by atoms with van der Waals surface area (Å²) >= 11 is 0. The average Bonchev–Trinajstić information content (AvgIpc) is 3.17. The monoisotopic (exact) mass is 383 g/mol. The van der Waals surface area contributed by atoms with Gasteiger partial charge in [-0.1, -0.05) is 6.07 Å². The van der Waals surface area contributed by atoms with Crippen molar-refractivity contribution >= 4 is 23.4 Å². The highest BCUT2D eigenvalue weighted by Crippen LogP contribution is 2.34. The first-order chi connectivity index (χ1) is 13.7. The van der Waals surface area contributed by atoms with Gasteiger partial charge in [0.2, 0.25) is 12.7 Å². The Labute approximate surface area is 162 Å². The molecule has 0 radical (unpaired) electrons. The van der Waals surface area contributed by atoms with Gasteiger partial charge < -0.3 is 19.7 Å². The topological polar surface area (TPSA) is 96.0 Å². The molecule has 2 N–H and O–H groups in total. The Kier molecular flexibility index (Phi) is 5.24. The van der Waals surface area contributed by atoms with Crippen LogP contribution in [0.1, 0.15) is 0 Å². The summed E-state index contributed by atoms with van der Waals surface area (Å²) in [5, 5.41) is 4.98. The van der Waals surface area contributed by atoms with Crippen LogP contribution < -0.4 is 25.0 Å². The maximum atomic E-state index is 12.2. The van der Waals surface area contributed by atoms with E-state index in [4.69, 9.17) is 9.47 Å². The summed E-state index contributed by atoms with van der Waals surface area (Å²) in [6.07, 6.45) is 1.77. The number of rotatable bonds is 4. The van der Waals surface area contributed by atoms with Crippen molar-refractivity contribution in [2.24, 2.45) is 0 Å². The van der Waals surface area contributed by atoms with E-state index in [0.717, 1.165) is 32.0 Å². The zero-order valence-corrected chi connectivity index (χ0v) is 15.3. The number of piperazine rings is 1. The van der Waals surface area contributed by atoms with Gasteiger partial charge in [-0.3, -0.25) is 15.0 Å². The molecule has 3 amide bonds. The van der Waals surface area contributed by atoms with Crippen LogP contribution in [0, 0.1) is 0 Å². The van der Waals surface area contributed by atoms with E-state index in [0.29, 0.717) is 17.2 Å². The maximum Gasteiger partial charge on any atom is 0.325 e. The molecule has 0 atom stereocenters. The van der Waals surface area contributed by atoms with Gasteiger partial charge in [-0.2, -0.15) is 0 Å². The summed E-state index contributed by atoms with van der Waals surface area (Å²) in [4.78, 5) is 32.8. The van der Waals surface area contributed by atoms with Crippen molar-refractivity contribution in [3.05, 3.63) is 42.6 Å². The molecular formula is C19H21N5O4. The number of carbonyl (C=O) groups excluding carboxylic acids is 2. The number of pyridine rings is 1. The lowest BCUT2D eigenvalue weighted by Crippen LogP contribution is -2.50. The van der Waals surface area contributed by atoms with E-state index < -0.39 is 6.03 Å². The number of hydrogen-bond donors (Lipinski definition) is 2. The number of imide groups is 1. The van der Waals surface area contributed by atoms with E-state index in [1.807, 2.05) is 23.1 Å². The van der Waals surface area contributed by atoms with Gasteiger partial charge in [-0.15, -0.1) is 0 Å². The number of anilines is 2. The molecule has 4 rings (SSSR count). The maximum absolute atomic E-state index is 12.2. The van der Waals surface area contributed by atoms with Crippen molar-refractivity contribution in [3.63, 3.8) is 0 Å². The highest BCUT2D eigenvalue weighted by atomic mass is 16.7. The Hall–Kier alpha value is -3.33. The fourth-order valence-electron chi connectivity index (χ4n) is 3.18. The second-order valence-electron chi connectivity index (χ2n) is 6.52. The molecule has 0 unspecified atom stereocenters. The molecule has 0 spiro atoms. The van der Waals surface area contributed by atoms with E-state index >= 15 is 0 Å². The molecule has 0 saturated carbocycles. The second kappa shape index (κ2) is 8.13. The minimum Gasteiger partial charge on any atom is -0.454 e. The number of nitrogens with zero attached hydrogens (tertiary/aromatic N) is 3. The molecule has 3 heterocycles. The molecule has 1 saturated heterocycles. The quantitative estimate of drug-likeness (QED) is 0.821. The van der Waals surface area contributed by atoms with Crippen molar-refractivity contribution in [1.82, 2.24) is 15.2 Å². The Morgan fingerprint density at radius 1 is 1.04 bits per heavy atom. The SMILES string of the molecule is O=C(CN1CCN(c2ccccn2)CC1)NC(=O)Nc1ccc2c(c1)OCO2. The van der Waals surface area contributed by atoms with Crippen molar-refractivity contribution in [1.29, 1.82) is 0 Å². The molecule has 9 nitrogen and oxygen atoms in total. The number of amides is 3. The van der Waals surface area contributed by atoms with Crippen molar-refractivity contribution in [2.75, 3.05) is 49.7 Å². The van der Waals surface area contributed by atoms with Crippen molar-refractivity contribution < 1.29 is 19.1 Å². The van der Waals surface area contributed by atoms with Gasteiger partial charge in [0.25, 0.3) is 0 Å². The van der Waals surface area contributed by atoms with Crippen LogP contribution in [-0.2, 0) is 4.79 Å². The predicted octanol–water partition coefficient (Wildman–Crippen LogP) is 1.28. The van der Waals surface area contributed by atoms with Gasteiger partial charge >= 0.3 is 6.03 Å². The lowest BCUT2D eigenvalue weighted by molar-refractivity contribution is -0.121. The van der Waals surface area contributed by atoms with Gasteiger partial charge in [-0.05, 0) is 24.3 Å². The molecule has 9 heteroatoms. The summed E-state index contributed by atoms with van der Waals surface area (Å²) in [5.74, 6) is 1.79. The molecule has 0 aliphatic carbocycles. The van der Waals surface area contributed by atoms with Crippen LogP contribution >= 0.6 is 0 Å². The minimum atomic E-state index is -0.573. The van der Waals surface area contributed by atoms with E-state index in [1.165, 1.54) is 0 Å². The summed E-state index contributed by atoms with van der Waals surface area (Å²) in [6.45, 7) is 3.37. The Morgan fingerprint density at radius 3 is 2.64 bits per heavy atom. The van der Waals surface area contributed by atoms with E-state index in [2.05, 4.69) is 20.5 Å². The number of urea groups is 1. The number of carbonyl (C=O) groups is 2. The van der Waals surface area contributed by atoms with Crippen LogP contribution in [-0.4, -0.2) is 61.3 Å². The Morgan fingerprint density at radius 2 is 1.86 bits per heavy atom. The number of benzene rings is 1. The first kappa shape index (κ1) is 18.1. The van der Waals surface area contributed by atoms with Crippen molar-refractivity contribution in [3.8, 4) is 11.5 Å². The molecule has 2 aromatic rings. The van der Waals surface area contributed by atoms with E-state index in [1.54, 1.807) is 24.4 Å². The van der Waals surface area contributed by atoms with Crippen LogP contribution in [0.25, 0.3) is 0 Å². The smallest absolute Gasteiger partial charge is 0.325 e.